The number of sulfonamides is 1. The van der Waals surface area contributed by atoms with E-state index in [4.69, 9.17) is 9.47 Å². The lowest BCUT2D eigenvalue weighted by atomic mass is 10.0. The third-order valence-electron chi connectivity index (χ3n) is 6.59. The zero-order valence-electron chi connectivity index (χ0n) is 24.3. The smallest absolute Gasteiger partial charge is 0.244 e. The molecule has 10 heteroatoms. The van der Waals surface area contributed by atoms with E-state index in [1.54, 1.807) is 12.1 Å². The van der Waals surface area contributed by atoms with Crippen molar-refractivity contribution >= 4 is 27.5 Å². The number of amides is 2. The van der Waals surface area contributed by atoms with Crippen LogP contribution in [-0.4, -0.2) is 64.7 Å². The highest BCUT2D eigenvalue weighted by molar-refractivity contribution is 7.92. The van der Waals surface area contributed by atoms with Gasteiger partial charge in [-0.25, -0.2) is 8.42 Å². The summed E-state index contributed by atoms with van der Waals surface area (Å²) in [5.74, 6) is -0.0655. The molecule has 0 spiro atoms. The van der Waals surface area contributed by atoms with Gasteiger partial charge in [0, 0.05) is 25.6 Å². The molecule has 0 saturated carbocycles. The van der Waals surface area contributed by atoms with Crippen LogP contribution in [0.25, 0.3) is 0 Å². The number of hydrogen-bond donors (Lipinski definition) is 1. The quantitative estimate of drug-likeness (QED) is 0.309. The molecule has 0 unspecified atom stereocenters. The third kappa shape index (κ3) is 8.72. The second-order valence-corrected chi connectivity index (χ2v) is 11.7. The van der Waals surface area contributed by atoms with E-state index in [0.29, 0.717) is 18.0 Å². The summed E-state index contributed by atoms with van der Waals surface area (Å²) in [5, 5.41) is 2.93. The maximum absolute atomic E-state index is 14.1. The number of carbonyl (C=O) groups excluding carboxylic acids is 2. The maximum atomic E-state index is 14.1. The molecule has 3 rings (SSSR count). The van der Waals surface area contributed by atoms with Gasteiger partial charge in [-0.05, 0) is 36.6 Å². The van der Waals surface area contributed by atoms with Crippen molar-refractivity contribution in [2.45, 2.75) is 39.3 Å². The Morgan fingerprint density at radius 3 is 2.20 bits per heavy atom. The van der Waals surface area contributed by atoms with Crippen molar-refractivity contribution < 1.29 is 27.5 Å². The van der Waals surface area contributed by atoms with Gasteiger partial charge in [-0.3, -0.25) is 13.9 Å². The van der Waals surface area contributed by atoms with Crippen molar-refractivity contribution in [2.75, 3.05) is 37.9 Å². The fraction of sp³-hybridized carbons (Fsp3) is 0.355. The van der Waals surface area contributed by atoms with Crippen molar-refractivity contribution in [3.05, 3.63) is 89.5 Å². The highest BCUT2D eigenvalue weighted by Crippen LogP contribution is 2.32. The molecule has 3 aromatic rings. The number of nitrogens with one attached hydrogen (secondary N) is 1. The lowest BCUT2D eigenvalue weighted by Crippen LogP contribution is -2.53. The number of methoxy groups -OCH3 is 2. The highest BCUT2D eigenvalue weighted by Gasteiger charge is 2.33. The van der Waals surface area contributed by atoms with Gasteiger partial charge in [-0.15, -0.1) is 0 Å². The summed E-state index contributed by atoms with van der Waals surface area (Å²) < 4.78 is 37.6. The summed E-state index contributed by atoms with van der Waals surface area (Å²) in [6.07, 6.45) is 2.04. The van der Waals surface area contributed by atoms with Gasteiger partial charge in [0.1, 0.15) is 12.6 Å². The Balaban J connectivity index is 2.06. The summed E-state index contributed by atoms with van der Waals surface area (Å²) >= 11 is 0. The standard InChI is InChI=1S/C31H39N3O6S/c1-6-17-32-31(36)27(19-24-12-8-7-9-13-24)33(21-25-14-10-11-23(2)18-25)30(35)22-34(41(5,37)38)26-15-16-28(39-3)29(20-26)40-4/h7-16,18,20,27H,6,17,19,21-22H2,1-5H3,(H,32,36)/t27-/m0/s1. The van der Waals surface area contributed by atoms with Gasteiger partial charge < -0.3 is 19.7 Å². The largest absolute Gasteiger partial charge is 0.493 e. The number of carbonyl (C=O) groups is 2. The van der Waals surface area contributed by atoms with E-state index in [1.807, 2.05) is 68.4 Å². The number of anilines is 1. The first-order valence-electron chi connectivity index (χ1n) is 13.4. The van der Waals surface area contributed by atoms with Gasteiger partial charge in [0.2, 0.25) is 21.8 Å². The van der Waals surface area contributed by atoms with Crippen LogP contribution >= 0.6 is 0 Å². The molecule has 41 heavy (non-hydrogen) atoms. The van der Waals surface area contributed by atoms with Gasteiger partial charge in [0.05, 0.1) is 26.2 Å². The zero-order valence-corrected chi connectivity index (χ0v) is 25.1. The Hall–Kier alpha value is -4.05. The average molecular weight is 582 g/mol. The number of aryl methyl sites for hydroxylation is 1. The van der Waals surface area contributed by atoms with Crippen LogP contribution in [-0.2, 0) is 32.6 Å². The first kappa shape index (κ1) is 31.5. The van der Waals surface area contributed by atoms with E-state index in [2.05, 4.69) is 5.32 Å². The Labute approximate surface area is 243 Å². The number of nitrogens with zero attached hydrogens (tertiary/aromatic N) is 2. The maximum Gasteiger partial charge on any atom is 0.244 e. The summed E-state index contributed by atoms with van der Waals surface area (Å²) in [7, 11) is -0.971. The molecule has 0 aliphatic carbocycles. The van der Waals surface area contributed by atoms with Crippen LogP contribution in [0.2, 0.25) is 0 Å². The van der Waals surface area contributed by atoms with E-state index in [9.17, 15) is 18.0 Å². The Bertz CT molecular complexity index is 1430. The fourth-order valence-corrected chi connectivity index (χ4v) is 5.36. The first-order valence-corrected chi connectivity index (χ1v) is 15.3. The summed E-state index contributed by atoms with van der Waals surface area (Å²) in [5.41, 5.74) is 2.96. The van der Waals surface area contributed by atoms with E-state index in [-0.39, 0.29) is 24.6 Å². The molecule has 220 valence electrons. The molecule has 0 radical (unpaired) electrons. The SMILES string of the molecule is CCCNC(=O)[C@H](Cc1ccccc1)N(Cc1cccc(C)c1)C(=O)CN(c1ccc(OC)c(OC)c1)S(C)(=O)=O. The van der Waals surface area contributed by atoms with Crippen molar-refractivity contribution in [1.29, 1.82) is 0 Å². The molecule has 0 saturated heterocycles. The minimum atomic E-state index is -3.90. The summed E-state index contributed by atoms with van der Waals surface area (Å²) in [6.45, 7) is 3.98. The highest BCUT2D eigenvalue weighted by atomic mass is 32.2. The molecule has 0 aliphatic heterocycles. The Kier molecular flexibility index (Phi) is 11.2. The Morgan fingerprint density at radius 1 is 0.902 bits per heavy atom. The van der Waals surface area contributed by atoms with Crippen LogP contribution in [0.3, 0.4) is 0 Å². The molecular formula is C31H39N3O6S. The van der Waals surface area contributed by atoms with Crippen LogP contribution in [0.1, 0.15) is 30.0 Å². The average Bonchev–Trinajstić information content (AvgIpc) is 2.95. The predicted octanol–water partition coefficient (Wildman–Crippen LogP) is 3.94. The molecule has 0 aromatic heterocycles. The zero-order chi connectivity index (χ0) is 30.0. The van der Waals surface area contributed by atoms with E-state index < -0.39 is 28.5 Å². The molecule has 0 fully saturated rings. The molecule has 0 bridgehead atoms. The van der Waals surface area contributed by atoms with Gasteiger partial charge in [-0.2, -0.15) is 0 Å². The van der Waals surface area contributed by atoms with Crippen LogP contribution in [0, 0.1) is 6.92 Å². The summed E-state index contributed by atoms with van der Waals surface area (Å²) in [4.78, 5) is 29.2. The second-order valence-electron chi connectivity index (χ2n) is 9.82. The molecular weight excluding hydrogens is 542 g/mol. The summed E-state index contributed by atoms with van der Waals surface area (Å²) in [6, 6.07) is 20.9. The fourth-order valence-electron chi connectivity index (χ4n) is 4.52. The van der Waals surface area contributed by atoms with Crippen molar-refractivity contribution in [3.63, 3.8) is 0 Å². The van der Waals surface area contributed by atoms with Gasteiger partial charge >= 0.3 is 0 Å². The minimum absolute atomic E-state index is 0.126. The van der Waals surface area contributed by atoms with Crippen LogP contribution in [0.4, 0.5) is 5.69 Å². The lowest BCUT2D eigenvalue weighted by molar-refractivity contribution is -0.140. The van der Waals surface area contributed by atoms with Gasteiger partial charge in [-0.1, -0.05) is 67.1 Å². The molecule has 9 nitrogen and oxygen atoms in total. The van der Waals surface area contributed by atoms with E-state index in [1.165, 1.54) is 25.2 Å². The van der Waals surface area contributed by atoms with Crippen LogP contribution in [0.5, 0.6) is 11.5 Å². The van der Waals surface area contributed by atoms with Crippen molar-refractivity contribution in [2.24, 2.45) is 0 Å². The molecule has 2 amide bonds. The molecule has 3 aromatic carbocycles. The number of ether oxygens (including phenoxy) is 2. The van der Waals surface area contributed by atoms with Crippen molar-refractivity contribution in [3.8, 4) is 11.5 Å². The van der Waals surface area contributed by atoms with Crippen molar-refractivity contribution in [1.82, 2.24) is 10.2 Å². The topological polar surface area (TPSA) is 105 Å². The first-order chi connectivity index (χ1) is 19.6. The van der Waals surface area contributed by atoms with Gasteiger partial charge in [0.25, 0.3) is 0 Å². The number of rotatable bonds is 14. The minimum Gasteiger partial charge on any atom is -0.493 e. The van der Waals surface area contributed by atoms with E-state index >= 15 is 0 Å². The Morgan fingerprint density at radius 2 is 1.59 bits per heavy atom. The monoisotopic (exact) mass is 581 g/mol. The van der Waals surface area contributed by atoms with Crippen LogP contribution in [0.15, 0.2) is 72.8 Å². The van der Waals surface area contributed by atoms with Gasteiger partial charge in [0.15, 0.2) is 11.5 Å². The molecule has 0 aliphatic rings. The molecule has 0 heterocycles. The lowest BCUT2D eigenvalue weighted by Gasteiger charge is -2.33. The predicted molar refractivity (Wildman–Crippen MR) is 161 cm³/mol. The third-order valence-corrected chi connectivity index (χ3v) is 7.73. The molecule has 1 N–H and O–H groups in total. The van der Waals surface area contributed by atoms with Crippen LogP contribution < -0.4 is 19.1 Å². The molecule has 1 atom stereocenters. The number of hydrogen-bond acceptors (Lipinski definition) is 6. The number of benzene rings is 3. The second kappa shape index (κ2) is 14.5. The van der Waals surface area contributed by atoms with E-state index in [0.717, 1.165) is 33.7 Å². The normalized spacial score (nSPS) is 11.8.